The van der Waals surface area contributed by atoms with Crippen molar-refractivity contribution >= 4 is 28.5 Å². The van der Waals surface area contributed by atoms with Crippen LogP contribution in [0.5, 0.6) is 0 Å². The Morgan fingerprint density at radius 3 is 2.30 bits per heavy atom. The van der Waals surface area contributed by atoms with E-state index >= 15 is 0 Å². The zero-order valence-corrected chi connectivity index (χ0v) is 15.8. The molecule has 1 fully saturated rings. The first-order valence-corrected chi connectivity index (χ1v) is 9.57. The van der Waals surface area contributed by atoms with Crippen LogP contribution in [0.4, 0.5) is 0 Å². The number of hydrogen-bond donors (Lipinski definition) is 2. The van der Waals surface area contributed by atoms with Crippen LogP contribution in [0, 0.1) is 0 Å². The minimum atomic E-state index is -0.959. The van der Waals surface area contributed by atoms with Crippen LogP contribution >= 0.6 is 11.6 Å². The molecule has 0 unspecified atom stereocenters. The smallest absolute Gasteiger partial charge is 0.336 e. The highest BCUT2D eigenvalue weighted by Gasteiger charge is 2.12. The van der Waals surface area contributed by atoms with Gasteiger partial charge in [-0.15, -0.1) is 0 Å². The summed E-state index contributed by atoms with van der Waals surface area (Å²) in [4.78, 5) is 15.9. The molecule has 1 heterocycles. The monoisotopic (exact) mass is 382 g/mol. The van der Waals surface area contributed by atoms with E-state index in [9.17, 15) is 9.90 Å². The molecular weight excluding hydrogens is 360 g/mol. The lowest BCUT2D eigenvalue weighted by atomic mass is 9.97. The Morgan fingerprint density at radius 1 is 1.04 bits per heavy atom. The number of hydrogen-bond acceptors (Lipinski definition) is 3. The molecule has 0 saturated heterocycles. The van der Waals surface area contributed by atoms with Gasteiger partial charge in [-0.05, 0) is 37.1 Å². The van der Waals surface area contributed by atoms with Gasteiger partial charge in [0.25, 0.3) is 0 Å². The second kappa shape index (κ2) is 8.98. The molecule has 0 aliphatic heterocycles. The molecule has 1 aromatic heterocycles. The maximum Gasteiger partial charge on any atom is 0.336 e. The van der Waals surface area contributed by atoms with Crippen LogP contribution in [0.25, 0.3) is 22.2 Å². The number of rotatable bonds is 2. The van der Waals surface area contributed by atoms with Crippen LogP contribution in [-0.2, 0) is 0 Å². The molecule has 0 radical (unpaired) electrons. The number of nitrogens with two attached hydrogens (primary N) is 1. The molecule has 0 amide bonds. The molecule has 1 aliphatic carbocycles. The summed E-state index contributed by atoms with van der Waals surface area (Å²) in [7, 11) is 0. The number of fused-ring (bicyclic) bond motifs is 1. The summed E-state index contributed by atoms with van der Waals surface area (Å²) >= 11 is 5.86. The quantitative estimate of drug-likeness (QED) is 0.610. The van der Waals surface area contributed by atoms with Gasteiger partial charge in [0.05, 0.1) is 16.8 Å². The van der Waals surface area contributed by atoms with E-state index < -0.39 is 5.97 Å². The molecule has 5 heteroatoms. The highest BCUT2D eigenvalue weighted by molar-refractivity contribution is 6.30. The Labute approximate surface area is 164 Å². The van der Waals surface area contributed by atoms with Crippen molar-refractivity contribution in [3.05, 3.63) is 65.2 Å². The van der Waals surface area contributed by atoms with E-state index in [2.05, 4.69) is 4.98 Å². The molecule has 0 atom stereocenters. The summed E-state index contributed by atoms with van der Waals surface area (Å²) in [5, 5.41) is 10.6. The van der Waals surface area contributed by atoms with Crippen LogP contribution in [0.1, 0.15) is 42.5 Å². The molecule has 3 aromatic rings. The van der Waals surface area contributed by atoms with Crippen molar-refractivity contribution in [3.8, 4) is 11.3 Å². The van der Waals surface area contributed by atoms with Crippen LogP contribution < -0.4 is 5.73 Å². The summed E-state index contributed by atoms with van der Waals surface area (Å²) in [5.74, 6) is -0.959. The predicted molar refractivity (Wildman–Crippen MR) is 110 cm³/mol. The fourth-order valence-corrected chi connectivity index (χ4v) is 3.38. The van der Waals surface area contributed by atoms with Gasteiger partial charge in [0.1, 0.15) is 0 Å². The minimum Gasteiger partial charge on any atom is -0.478 e. The lowest BCUT2D eigenvalue weighted by Gasteiger charge is -2.15. The third-order valence-electron chi connectivity index (χ3n) is 4.74. The van der Waals surface area contributed by atoms with Gasteiger partial charge in [0, 0.05) is 22.0 Å². The van der Waals surface area contributed by atoms with Crippen molar-refractivity contribution in [1.82, 2.24) is 4.98 Å². The van der Waals surface area contributed by atoms with E-state index in [4.69, 9.17) is 17.3 Å². The average Bonchev–Trinajstić information content (AvgIpc) is 2.68. The van der Waals surface area contributed by atoms with Crippen molar-refractivity contribution in [2.45, 2.75) is 38.1 Å². The highest BCUT2D eigenvalue weighted by atomic mass is 35.5. The van der Waals surface area contributed by atoms with Crippen LogP contribution in [-0.4, -0.2) is 22.1 Å². The second-order valence-electron chi connectivity index (χ2n) is 6.78. The number of nitrogens with zero attached hydrogens (tertiary/aromatic N) is 1. The van der Waals surface area contributed by atoms with Crippen LogP contribution in [0.3, 0.4) is 0 Å². The summed E-state index contributed by atoms with van der Waals surface area (Å²) in [6.45, 7) is 0. The van der Waals surface area contributed by atoms with E-state index in [1.807, 2.05) is 18.2 Å². The van der Waals surface area contributed by atoms with Gasteiger partial charge in [0.2, 0.25) is 0 Å². The van der Waals surface area contributed by atoms with Gasteiger partial charge in [0.15, 0.2) is 0 Å². The summed E-state index contributed by atoms with van der Waals surface area (Å²) in [6, 6.07) is 16.5. The maximum absolute atomic E-state index is 11.4. The number of benzene rings is 2. The predicted octanol–water partition coefficient (Wildman–Crippen LogP) is 5.53. The van der Waals surface area contributed by atoms with Gasteiger partial charge >= 0.3 is 5.97 Å². The van der Waals surface area contributed by atoms with Crippen molar-refractivity contribution in [2.24, 2.45) is 5.73 Å². The molecule has 140 valence electrons. The Morgan fingerprint density at radius 2 is 1.70 bits per heavy atom. The minimum absolute atomic E-state index is 0.251. The SMILES string of the molecule is NC1CCCCC1.O=C(O)c1cc(-c2ccc(Cl)cc2)nc2ccccc12. The van der Waals surface area contributed by atoms with Crippen molar-refractivity contribution in [3.63, 3.8) is 0 Å². The van der Waals surface area contributed by atoms with Gasteiger partial charge in [-0.1, -0.05) is 61.2 Å². The van der Waals surface area contributed by atoms with Crippen molar-refractivity contribution < 1.29 is 9.90 Å². The van der Waals surface area contributed by atoms with Crippen molar-refractivity contribution in [2.75, 3.05) is 0 Å². The van der Waals surface area contributed by atoms with E-state index in [0.29, 0.717) is 27.7 Å². The van der Waals surface area contributed by atoms with E-state index in [1.54, 1.807) is 36.4 Å². The Bertz CT molecular complexity index is 919. The fourth-order valence-electron chi connectivity index (χ4n) is 3.26. The molecular formula is C22H23ClN2O2. The van der Waals surface area contributed by atoms with Gasteiger partial charge in [-0.2, -0.15) is 0 Å². The number of carboxylic acid groups (broad SMARTS) is 1. The van der Waals surface area contributed by atoms with Crippen LogP contribution in [0.2, 0.25) is 5.02 Å². The van der Waals surface area contributed by atoms with Crippen LogP contribution in [0.15, 0.2) is 54.6 Å². The first kappa shape index (κ1) is 19.3. The maximum atomic E-state index is 11.4. The number of pyridine rings is 1. The normalized spacial score (nSPS) is 14.4. The summed E-state index contributed by atoms with van der Waals surface area (Å²) in [5.41, 5.74) is 8.01. The van der Waals surface area contributed by atoms with Crippen molar-refractivity contribution in [1.29, 1.82) is 0 Å². The highest BCUT2D eigenvalue weighted by Crippen LogP contribution is 2.25. The molecule has 1 saturated carbocycles. The fraction of sp³-hybridized carbons (Fsp3) is 0.273. The Balaban J connectivity index is 0.000000253. The Hall–Kier alpha value is -2.43. The lowest BCUT2D eigenvalue weighted by molar-refractivity contribution is 0.0699. The van der Waals surface area contributed by atoms with Gasteiger partial charge in [-0.3, -0.25) is 0 Å². The van der Waals surface area contributed by atoms with E-state index in [-0.39, 0.29) is 5.56 Å². The van der Waals surface area contributed by atoms with E-state index in [0.717, 1.165) is 5.56 Å². The molecule has 27 heavy (non-hydrogen) atoms. The second-order valence-corrected chi connectivity index (χ2v) is 7.22. The molecule has 4 rings (SSSR count). The topological polar surface area (TPSA) is 76.2 Å². The molecule has 0 spiro atoms. The largest absolute Gasteiger partial charge is 0.478 e. The molecule has 3 N–H and O–H groups in total. The zero-order valence-electron chi connectivity index (χ0n) is 15.1. The zero-order chi connectivity index (χ0) is 19.2. The number of aromatic carboxylic acids is 1. The first-order valence-electron chi connectivity index (χ1n) is 9.19. The molecule has 2 aromatic carbocycles. The number of aromatic nitrogens is 1. The first-order chi connectivity index (χ1) is 13.0. The number of carboxylic acids is 1. The molecule has 1 aliphatic rings. The van der Waals surface area contributed by atoms with E-state index in [1.165, 1.54) is 32.1 Å². The Kier molecular flexibility index (Phi) is 6.43. The number of para-hydroxylation sites is 1. The number of carbonyl (C=O) groups is 1. The third kappa shape index (κ3) is 5.06. The van der Waals surface area contributed by atoms with Gasteiger partial charge < -0.3 is 10.8 Å². The standard InChI is InChI=1S/C16H10ClNO2.C6H13N/c17-11-7-5-10(6-8-11)15-9-13(16(19)20)12-3-1-2-4-14(12)18-15;7-6-4-2-1-3-5-6/h1-9H,(H,19,20);6H,1-5,7H2. The summed E-state index contributed by atoms with van der Waals surface area (Å²) in [6.07, 6.45) is 6.66. The third-order valence-corrected chi connectivity index (χ3v) is 4.99. The summed E-state index contributed by atoms with van der Waals surface area (Å²) < 4.78 is 0. The number of halogens is 1. The lowest BCUT2D eigenvalue weighted by Crippen LogP contribution is -2.22. The van der Waals surface area contributed by atoms with Gasteiger partial charge in [-0.25, -0.2) is 9.78 Å². The molecule has 4 nitrogen and oxygen atoms in total. The average molecular weight is 383 g/mol. The molecule has 0 bridgehead atoms.